The molecule has 0 spiro atoms. The SMILES string of the molecule is CCS(=O)(=O)N1CCN(CCCc2cc(F)cc(NC(=O)Nc3ccc(OC)nc3)c2)CC1. The van der Waals surface area contributed by atoms with E-state index in [-0.39, 0.29) is 5.75 Å². The van der Waals surface area contributed by atoms with Crippen molar-refractivity contribution in [3.63, 3.8) is 0 Å². The van der Waals surface area contributed by atoms with E-state index in [1.807, 2.05) is 0 Å². The number of methoxy groups -OCH3 is 1. The maximum atomic E-state index is 14.1. The number of ether oxygens (including phenoxy) is 1. The van der Waals surface area contributed by atoms with E-state index in [0.717, 1.165) is 18.5 Å². The fourth-order valence-electron chi connectivity index (χ4n) is 3.66. The Bertz CT molecular complexity index is 1040. The molecule has 0 aliphatic carbocycles. The predicted molar refractivity (Wildman–Crippen MR) is 126 cm³/mol. The molecule has 1 aromatic heterocycles. The highest BCUT2D eigenvalue weighted by atomic mass is 32.2. The topological polar surface area (TPSA) is 104 Å². The first-order chi connectivity index (χ1) is 15.8. The second-order valence-corrected chi connectivity index (χ2v) is 10.0. The lowest BCUT2D eigenvalue weighted by Crippen LogP contribution is -2.49. The molecular formula is C22H30FN5O4S. The van der Waals surface area contributed by atoms with Crippen molar-refractivity contribution >= 4 is 27.4 Å². The van der Waals surface area contributed by atoms with Crippen molar-refractivity contribution < 1.29 is 22.3 Å². The lowest BCUT2D eigenvalue weighted by molar-refractivity contribution is 0.187. The van der Waals surface area contributed by atoms with E-state index in [1.165, 1.54) is 25.4 Å². The van der Waals surface area contributed by atoms with Crippen LogP contribution < -0.4 is 15.4 Å². The van der Waals surface area contributed by atoms with Crippen molar-refractivity contribution in [2.45, 2.75) is 19.8 Å². The maximum absolute atomic E-state index is 14.1. The van der Waals surface area contributed by atoms with Gasteiger partial charge in [0, 0.05) is 37.9 Å². The van der Waals surface area contributed by atoms with Crippen molar-refractivity contribution in [2.75, 3.05) is 56.2 Å². The summed E-state index contributed by atoms with van der Waals surface area (Å²) in [4.78, 5) is 18.5. The molecule has 11 heteroatoms. The van der Waals surface area contributed by atoms with Crippen LogP contribution in [0.5, 0.6) is 5.88 Å². The molecule has 2 heterocycles. The number of carbonyl (C=O) groups is 1. The average Bonchev–Trinajstić information content (AvgIpc) is 2.79. The van der Waals surface area contributed by atoms with E-state index in [4.69, 9.17) is 4.74 Å². The van der Waals surface area contributed by atoms with Crippen LogP contribution in [0.3, 0.4) is 0 Å². The minimum Gasteiger partial charge on any atom is -0.481 e. The monoisotopic (exact) mass is 479 g/mol. The summed E-state index contributed by atoms with van der Waals surface area (Å²) in [6.07, 6.45) is 2.91. The number of rotatable bonds is 9. The third-order valence-electron chi connectivity index (χ3n) is 5.45. The molecule has 0 atom stereocenters. The van der Waals surface area contributed by atoms with E-state index < -0.39 is 21.9 Å². The highest BCUT2D eigenvalue weighted by Crippen LogP contribution is 2.17. The van der Waals surface area contributed by atoms with Gasteiger partial charge in [-0.15, -0.1) is 0 Å². The van der Waals surface area contributed by atoms with Gasteiger partial charge in [0.25, 0.3) is 0 Å². The van der Waals surface area contributed by atoms with Crippen molar-refractivity contribution in [1.82, 2.24) is 14.2 Å². The number of sulfonamides is 1. The minimum atomic E-state index is -3.13. The van der Waals surface area contributed by atoms with Crippen molar-refractivity contribution in [3.05, 3.63) is 47.9 Å². The van der Waals surface area contributed by atoms with Crippen LogP contribution in [-0.2, 0) is 16.4 Å². The summed E-state index contributed by atoms with van der Waals surface area (Å²) in [5.74, 6) is 0.133. The van der Waals surface area contributed by atoms with Gasteiger partial charge in [-0.05, 0) is 56.1 Å². The van der Waals surface area contributed by atoms with Crippen molar-refractivity contribution in [2.24, 2.45) is 0 Å². The lowest BCUT2D eigenvalue weighted by atomic mass is 10.1. The van der Waals surface area contributed by atoms with Crippen LogP contribution in [0.25, 0.3) is 0 Å². The van der Waals surface area contributed by atoms with Gasteiger partial charge >= 0.3 is 6.03 Å². The van der Waals surface area contributed by atoms with Gasteiger partial charge in [-0.1, -0.05) is 0 Å². The maximum Gasteiger partial charge on any atom is 0.323 e. The third-order valence-corrected chi connectivity index (χ3v) is 7.33. The second kappa shape index (κ2) is 11.4. The Hall–Kier alpha value is -2.76. The molecule has 0 saturated carbocycles. The quantitative estimate of drug-likeness (QED) is 0.573. The first-order valence-corrected chi connectivity index (χ1v) is 12.5. The van der Waals surface area contributed by atoms with Crippen LogP contribution in [0, 0.1) is 5.82 Å². The van der Waals surface area contributed by atoms with Gasteiger partial charge in [0.2, 0.25) is 15.9 Å². The van der Waals surface area contributed by atoms with Crippen LogP contribution in [0.4, 0.5) is 20.6 Å². The number of nitrogens with zero attached hydrogens (tertiary/aromatic N) is 3. The first-order valence-electron chi connectivity index (χ1n) is 10.9. The Morgan fingerprint density at radius 3 is 2.48 bits per heavy atom. The van der Waals surface area contributed by atoms with Gasteiger partial charge in [-0.3, -0.25) is 0 Å². The summed E-state index contributed by atoms with van der Waals surface area (Å²) in [7, 11) is -1.63. The molecule has 1 aliphatic rings. The number of anilines is 2. The van der Waals surface area contributed by atoms with Gasteiger partial charge in [-0.2, -0.15) is 4.31 Å². The number of carbonyl (C=O) groups excluding carboxylic acids is 1. The molecule has 1 aromatic carbocycles. The fourth-order valence-corrected chi connectivity index (χ4v) is 4.74. The highest BCUT2D eigenvalue weighted by Gasteiger charge is 2.24. The first kappa shape index (κ1) is 24.9. The largest absolute Gasteiger partial charge is 0.481 e. The molecule has 180 valence electrons. The highest BCUT2D eigenvalue weighted by molar-refractivity contribution is 7.89. The summed E-state index contributed by atoms with van der Waals surface area (Å²) in [6, 6.07) is 7.25. The van der Waals surface area contributed by atoms with E-state index in [9.17, 15) is 17.6 Å². The fraction of sp³-hybridized carbons (Fsp3) is 0.455. The van der Waals surface area contributed by atoms with E-state index in [2.05, 4.69) is 20.5 Å². The molecule has 3 rings (SSSR count). The number of aryl methyl sites for hydroxylation is 1. The van der Waals surface area contributed by atoms with E-state index >= 15 is 0 Å². The molecule has 2 amide bonds. The zero-order valence-electron chi connectivity index (χ0n) is 18.9. The van der Waals surface area contributed by atoms with Crippen molar-refractivity contribution in [3.8, 4) is 5.88 Å². The molecule has 1 saturated heterocycles. The number of aromatic nitrogens is 1. The van der Waals surface area contributed by atoms with Gasteiger partial charge < -0.3 is 20.3 Å². The van der Waals surface area contributed by atoms with Gasteiger partial charge in [0.05, 0.1) is 24.7 Å². The minimum absolute atomic E-state index is 0.123. The number of benzene rings is 1. The summed E-state index contributed by atoms with van der Waals surface area (Å²) in [5, 5.41) is 5.28. The van der Waals surface area contributed by atoms with Gasteiger partial charge in [0.15, 0.2) is 0 Å². The molecule has 9 nitrogen and oxygen atoms in total. The smallest absolute Gasteiger partial charge is 0.323 e. The summed E-state index contributed by atoms with van der Waals surface area (Å²) >= 11 is 0. The molecule has 0 bridgehead atoms. The van der Waals surface area contributed by atoms with Crippen LogP contribution in [0.1, 0.15) is 18.9 Å². The number of urea groups is 1. The Labute approximate surface area is 194 Å². The summed E-state index contributed by atoms with van der Waals surface area (Å²) in [5.41, 5.74) is 1.63. The predicted octanol–water partition coefficient (Wildman–Crippen LogP) is 2.77. The molecule has 2 N–H and O–H groups in total. The van der Waals surface area contributed by atoms with Gasteiger partial charge in [0.1, 0.15) is 5.82 Å². The summed E-state index contributed by atoms with van der Waals surface area (Å²) in [6.45, 7) is 4.84. The van der Waals surface area contributed by atoms with E-state index in [1.54, 1.807) is 29.4 Å². The summed E-state index contributed by atoms with van der Waals surface area (Å²) < 4.78 is 44.5. The Kier molecular flexibility index (Phi) is 8.59. The molecule has 2 aromatic rings. The molecule has 0 unspecified atom stereocenters. The van der Waals surface area contributed by atoms with Crippen LogP contribution >= 0.6 is 0 Å². The second-order valence-electron chi connectivity index (χ2n) is 7.76. The normalized spacial score (nSPS) is 15.2. The number of amides is 2. The van der Waals surface area contributed by atoms with Crippen LogP contribution in [-0.4, -0.2) is 74.2 Å². The molecule has 0 radical (unpaired) electrons. The number of halogens is 1. The zero-order chi connectivity index (χ0) is 23.8. The van der Waals surface area contributed by atoms with Crippen LogP contribution in [0.15, 0.2) is 36.5 Å². The Balaban J connectivity index is 1.47. The Morgan fingerprint density at radius 2 is 1.85 bits per heavy atom. The van der Waals surface area contributed by atoms with Gasteiger partial charge in [-0.25, -0.2) is 22.6 Å². The molecule has 1 fully saturated rings. The number of hydrogen-bond acceptors (Lipinski definition) is 6. The van der Waals surface area contributed by atoms with Crippen molar-refractivity contribution in [1.29, 1.82) is 0 Å². The number of nitrogens with one attached hydrogen (secondary N) is 2. The zero-order valence-corrected chi connectivity index (χ0v) is 19.7. The lowest BCUT2D eigenvalue weighted by Gasteiger charge is -2.33. The Morgan fingerprint density at radius 1 is 1.12 bits per heavy atom. The molecule has 33 heavy (non-hydrogen) atoms. The van der Waals surface area contributed by atoms with E-state index in [0.29, 0.717) is 49.9 Å². The standard InChI is InChI=1S/C22H30FN5O4S/c1-3-33(30,31)28-11-9-27(10-12-28)8-4-5-17-13-18(23)15-20(14-17)26-22(29)25-19-6-7-21(32-2)24-16-19/h6-7,13-16H,3-5,8-12H2,1-2H3,(H2,25,26,29). The number of piperazine rings is 1. The molecular weight excluding hydrogens is 449 g/mol. The average molecular weight is 480 g/mol. The molecule has 1 aliphatic heterocycles. The number of hydrogen-bond donors (Lipinski definition) is 2. The number of pyridine rings is 1. The third kappa shape index (κ3) is 7.37. The van der Waals surface area contributed by atoms with Crippen LogP contribution in [0.2, 0.25) is 0 Å².